The molecule has 1 atom stereocenters. The molecule has 1 aromatic rings. The molecule has 0 amide bonds. The highest BCUT2D eigenvalue weighted by Gasteiger charge is 2.34. The normalized spacial score (nSPS) is 11.5. The van der Waals surface area contributed by atoms with Crippen LogP contribution in [0.3, 0.4) is 0 Å². The lowest BCUT2D eigenvalue weighted by Crippen LogP contribution is -2.18. The fraction of sp³-hybridized carbons (Fsp3) is 0.125. The quantitative estimate of drug-likeness (QED) is 0.366. The van der Waals surface area contributed by atoms with Gasteiger partial charge in [0.1, 0.15) is 5.56 Å². The average molecular weight is 242 g/mol. The van der Waals surface area contributed by atoms with Gasteiger partial charge in [0.2, 0.25) is 0 Å². The molecule has 0 aromatic heterocycles. The van der Waals surface area contributed by atoms with Gasteiger partial charge in [-0.05, 0) is 6.07 Å². The van der Waals surface area contributed by atoms with Crippen LogP contribution in [0.25, 0.3) is 0 Å². The van der Waals surface area contributed by atoms with E-state index in [9.17, 15) is 25.0 Å². The molecule has 1 rings (SSSR count). The predicted molar refractivity (Wildman–Crippen MR) is 51.9 cm³/mol. The van der Waals surface area contributed by atoms with E-state index in [-0.39, 0.29) is 0 Å². The lowest BCUT2D eigenvalue weighted by Gasteiger charge is -2.08. The highest BCUT2D eigenvalue weighted by atomic mass is 16.7. The molecule has 1 N–H and O–H groups in total. The van der Waals surface area contributed by atoms with Crippen molar-refractivity contribution in [3.63, 3.8) is 0 Å². The Bertz CT molecular complexity index is 473. The Hall–Kier alpha value is -2.71. The van der Waals surface area contributed by atoms with Gasteiger partial charge in [0, 0.05) is 6.07 Å². The van der Waals surface area contributed by atoms with E-state index in [1.165, 1.54) is 12.1 Å². The van der Waals surface area contributed by atoms with Crippen molar-refractivity contribution < 1.29 is 24.5 Å². The monoisotopic (exact) mass is 242 g/mol. The third-order valence-corrected chi connectivity index (χ3v) is 1.80. The summed E-state index contributed by atoms with van der Waals surface area (Å²) in [6, 6.07) is 4.70. The van der Waals surface area contributed by atoms with E-state index in [0.717, 1.165) is 12.1 Å². The van der Waals surface area contributed by atoms with Gasteiger partial charge in [0.05, 0.1) is 9.85 Å². The number of benzene rings is 1. The Balaban J connectivity index is 3.22. The van der Waals surface area contributed by atoms with E-state index < -0.39 is 33.5 Å². The molecular formula is C8H6N2O7. The summed E-state index contributed by atoms with van der Waals surface area (Å²) in [7, 11) is 0. The van der Waals surface area contributed by atoms with Gasteiger partial charge < -0.3 is 9.84 Å². The van der Waals surface area contributed by atoms with Crippen molar-refractivity contribution in [3.05, 3.63) is 50.1 Å². The standard InChI is InChI=1S/C8H6N2O7/c11-8(12)17-7(10(15)16)5-3-1-2-4-6(5)9(13)14/h1-4,7H,(H,11,12). The number of para-hydroxylation sites is 1. The molecule has 0 aliphatic heterocycles. The first kappa shape index (κ1) is 12.4. The average Bonchev–Trinajstić information content (AvgIpc) is 2.25. The molecule has 9 nitrogen and oxygen atoms in total. The molecule has 0 fully saturated rings. The summed E-state index contributed by atoms with van der Waals surface area (Å²) >= 11 is 0. The molecular weight excluding hydrogens is 236 g/mol. The van der Waals surface area contributed by atoms with Crippen molar-refractivity contribution in [1.29, 1.82) is 0 Å². The van der Waals surface area contributed by atoms with Gasteiger partial charge in [-0.1, -0.05) is 12.1 Å². The number of rotatable bonds is 4. The van der Waals surface area contributed by atoms with Crippen LogP contribution in [-0.2, 0) is 4.74 Å². The molecule has 0 aliphatic rings. The van der Waals surface area contributed by atoms with E-state index in [1.807, 2.05) is 0 Å². The van der Waals surface area contributed by atoms with Gasteiger partial charge in [-0.25, -0.2) is 4.79 Å². The number of carboxylic acid groups (broad SMARTS) is 1. The second-order valence-corrected chi connectivity index (χ2v) is 2.84. The van der Waals surface area contributed by atoms with Crippen molar-refractivity contribution >= 4 is 11.8 Å². The zero-order chi connectivity index (χ0) is 13.0. The Labute approximate surface area is 93.5 Å². The molecule has 0 saturated heterocycles. The van der Waals surface area contributed by atoms with Gasteiger partial charge in [-0.3, -0.25) is 20.2 Å². The molecule has 0 radical (unpaired) electrons. The van der Waals surface area contributed by atoms with Gasteiger partial charge >= 0.3 is 12.4 Å². The fourth-order valence-electron chi connectivity index (χ4n) is 1.18. The zero-order valence-corrected chi connectivity index (χ0v) is 8.18. The van der Waals surface area contributed by atoms with Gasteiger partial charge in [-0.15, -0.1) is 0 Å². The molecule has 0 saturated carbocycles. The predicted octanol–water partition coefficient (Wildman–Crippen LogP) is 1.56. The van der Waals surface area contributed by atoms with Crippen molar-refractivity contribution in [3.8, 4) is 0 Å². The molecule has 90 valence electrons. The minimum absolute atomic E-state index is 0.426. The smallest absolute Gasteiger partial charge is 0.450 e. The van der Waals surface area contributed by atoms with Crippen LogP contribution in [0.5, 0.6) is 0 Å². The number of hydrogen-bond donors (Lipinski definition) is 1. The molecule has 9 heteroatoms. The van der Waals surface area contributed by atoms with Crippen LogP contribution in [0, 0.1) is 20.2 Å². The third kappa shape index (κ3) is 2.87. The van der Waals surface area contributed by atoms with Crippen LogP contribution in [0.1, 0.15) is 11.8 Å². The van der Waals surface area contributed by atoms with Crippen molar-refractivity contribution in [2.24, 2.45) is 0 Å². The summed E-state index contributed by atoms with van der Waals surface area (Å²) in [5.74, 6) is 0. The van der Waals surface area contributed by atoms with Crippen LogP contribution >= 0.6 is 0 Å². The largest absolute Gasteiger partial charge is 0.511 e. The van der Waals surface area contributed by atoms with Crippen LogP contribution in [0.2, 0.25) is 0 Å². The first-order chi connectivity index (χ1) is 7.93. The topological polar surface area (TPSA) is 133 Å². The van der Waals surface area contributed by atoms with Crippen LogP contribution < -0.4 is 0 Å². The van der Waals surface area contributed by atoms with E-state index in [2.05, 4.69) is 4.74 Å². The number of nitro groups is 2. The Morgan fingerprint density at radius 1 is 1.29 bits per heavy atom. The maximum atomic E-state index is 10.6. The lowest BCUT2D eigenvalue weighted by molar-refractivity contribution is -0.577. The summed E-state index contributed by atoms with van der Waals surface area (Å²) in [6.07, 6.45) is -4.00. The molecule has 1 unspecified atom stereocenters. The van der Waals surface area contributed by atoms with Gasteiger partial charge in [0.25, 0.3) is 5.69 Å². The molecule has 0 spiro atoms. The van der Waals surface area contributed by atoms with Crippen LogP contribution in [0.15, 0.2) is 24.3 Å². The summed E-state index contributed by atoms with van der Waals surface area (Å²) in [5.41, 5.74) is -1.000. The number of nitro benzene ring substituents is 1. The van der Waals surface area contributed by atoms with E-state index in [0.29, 0.717) is 0 Å². The summed E-state index contributed by atoms with van der Waals surface area (Å²) < 4.78 is 4.00. The van der Waals surface area contributed by atoms with Gasteiger partial charge in [-0.2, -0.15) is 0 Å². The summed E-state index contributed by atoms with van der Waals surface area (Å²) in [4.78, 5) is 29.6. The molecule has 0 bridgehead atoms. The first-order valence-corrected chi connectivity index (χ1v) is 4.20. The van der Waals surface area contributed by atoms with E-state index in [4.69, 9.17) is 5.11 Å². The van der Waals surface area contributed by atoms with E-state index >= 15 is 0 Å². The van der Waals surface area contributed by atoms with Gasteiger partial charge in [0.15, 0.2) is 0 Å². The highest BCUT2D eigenvalue weighted by Crippen LogP contribution is 2.27. The molecule has 0 heterocycles. The molecule has 17 heavy (non-hydrogen) atoms. The Morgan fingerprint density at radius 3 is 2.35 bits per heavy atom. The van der Waals surface area contributed by atoms with Crippen molar-refractivity contribution in [2.75, 3.05) is 0 Å². The second kappa shape index (κ2) is 4.88. The summed E-state index contributed by atoms with van der Waals surface area (Å²) in [5, 5.41) is 29.5. The third-order valence-electron chi connectivity index (χ3n) is 1.80. The maximum absolute atomic E-state index is 10.6. The van der Waals surface area contributed by atoms with Crippen LogP contribution in [-0.4, -0.2) is 21.1 Å². The van der Waals surface area contributed by atoms with E-state index in [1.54, 1.807) is 0 Å². The second-order valence-electron chi connectivity index (χ2n) is 2.84. The number of ether oxygens (including phenoxy) is 1. The number of hydrogen-bond acceptors (Lipinski definition) is 6. The first-order valence-electron chi connectivity index (χ1n) is 4.20. The molecule has 1 aromatic carbocycles. The number of nitrogens with zero attached hydrogens (tertiary/aromatic N) is 2. The maximum Gasteiger partial charge on any atom is 0.511 e. The zero-order valence-electron chi connectivity index (χ0n) is 8.18. The Kier molecular flexibility index (Phi) is 3.55. The van der Waals surface area contributed by atoms with Crippen LogP contribution in [0.4, 0.5) is 10.5 Å². The minimum atomic E-state index is -2.12. The fourth-order valence-corrected chi connectivity index (χ4v) is 1.18. The van der Waals surface area contributed by atoms with Crippen molar-refractivity contribution in [1.82, 2.24) is 0 Å². The Morgan fingerprint density at radius 2 is 1.88 bits per heavy atom. The number of carbonyl (C=O) groups is 1. The molecule has 0 aliphatic carbocycles. The summed E-state index contributed by atoms with van der Waals surface area (Å²) in [6.45, 7) is 0. The highest BCUT2D eigenvalue weighted by molar-refractivity contribution is 5.57. The lowest BCUT2D eigenvalue weighted by atomic mass is 10.1. The van der Waals surface area contributed by atoms with Crippen molar-refractivity contribution in [2.45, 2.75) is 6.23 Å². The SMILES string of the molecule is O=C(O)OC(c1ccccc1[N+](=O)[O-])[N+](=O)[O-]. The minimum Gasteiger partial charge on any atom is -0.450 e.